The summed E-state index contributed by atoms with van der Waals surface area (Å²) >= 11 is 0. The smallest absolute Gasteiger partial charge is 0.177 e. The first-order chi connectivity index (χ1) is 12.7. The van der Waals surface area contributed by atoms with Gasteiger partial charge in [0.25, 0.3) is 0 Å². The fourth-order valence-electron chi connectivity index (χ4n) is 3.99. The van der Waals surface area contributed by atoms with Crippen LogP contribution in [0.1, 0.15) is 31.2 Å². The molecule has 1 heterocycles. The van der Waals surface area contributed by atoms with E-state index in [2.05, 4.69) is 11.2 Å². The third-order valence-corrected chi connectivity index (χ3v) is 5.34. The Morgan fingerprint density at radius 1 is 1.12 bits per heavy atom. The Kier molecular flexibility index (Phi) is 4.04. The number of ether oxygens (including phenoxy) is 1. The number of benzene rings is 2. The van der Waals surface area contributed by atoms with Crippen LogP contribution in [0.15, 0.2) is 46.0 Å². The molecule has 0 spiro atoms. The number of methoxy groups -OCH3 is 1. The first kappa shape index (κ1) is 16.5. The predicted molar refractivity (Wildman–Crippen MR) is 100 cm³/mol. The molecule has 132 valence electrons. The van der Waals surface area contributed by atoms with Crippen LogP contribution in [-0.2, 0) is 10.3 Å². The number of fused-ring (bicyclic) bond motifs is 3. The van der Waals surface area contributed by atoms with Crippen LogP contribution in [0.2, 0.25) is 0 Å². The maximum Gasteiger partial charge on any atom is 0.177 e. The average molecular weight is 348 g/mol. The lowest BCUT2D eigenvalue weighted by atomic mass is 9.69. The zero-order valence-corrected chi connectivity index (χ0v) is 14.9. The van der Waals surface area contributed by atoms with Crippen LogP contribution in [0.4, 0.5) is 0 Å². The summed E-state index contributed by atoms with van der Waals surface area (Å²) in [5, 5.41) is 16.2. The highest BCUT2D eigenvalue weighted by molar-refractivity contribution is 6.09. The predicted octanol–water partition coefficient (Wildman–Crippen LogP) is 4.93. The van der Waals surface area contributed by atoms with Gasteiger partial charge in [-0.25, -0.2) is 0 Å². The van der Waals surface area contributed by atoms with Crippen molar-refractivity contribution in [2.75, 3.05) is 14.2 Å². The van der Waals surface area contributed by atoms with Crippen LogP contribution in [-0.4, -0.2) is 19.9 Å². The molecular weight excluding hydrogens is 328 g/mol. The molecule has 2 aromatic carbocycles. The highest BCUT2D eigenvalue weighted by Gasteiger charge is 2.38. The number of para-hydroxylation sites is 1. The Hall–Kier alpha value is -3.00. The van der Waals surface area contributed by atoms with Gasteiger partial charge in [-0.3, -0.25) is 0 Å². The number of rotatable bonds is 3. The molecule has 1 saturated carbocycles. The van der Waals surface area contributed by atoms with Gasteiger partial charge in [-0.1, -0.05) is 29.4 Å². The Morgan fingerprint density at radius 3 is 2.58 bits per heavy atom. The Bertz CT molecular complexity index is 1030. The van der Waals surface area contributed by atoms with Gasteiger partial charge in [-0.05, 0) is 43.4 Å². The SMILES string of the molecule is CON=C1CCC(C#N)(c2ccc(OC)c3oc4ccccc4c23)CC1. The first-order valence-corrected chi connectivity index (χ1v) is 8.71. The number of nitrogens with zero attached hydrogens (tertiary/aromatic N) is 2. The van der Waals surface area contributed by atoms with E-state index in [1.165, 1.54) is 0 Å². The van der Waals surface area contributed by atoms with Crippen molar-refractivity contribution < 1.29 is 14.0 Å². The van der Waals surface area contributed by atoms with Crippen molar-refractivity contribution in [2.24, 2.45) is 5.16 Å². The van der Waals surface area contributed by atoms with Crippen LogP contribution < -0.4 is 4.74 Å². The molecule has 0 amide bonds. The van der Waals surface area contributed by atoms with Gasteiger partial charge >= 0.3 is 0 Å². The summed E-state index contributed by atoms with van der Waals surface area (Å²) < 4.78 is 11.6. The van der Waals surface area contributed by atoms with E-state index in [1.807, 2.05) is 36.4 Å². The lowest BCUT2D eigenvalue weighted by molar-refractivity contribution is 0.209. The molecule has 0 bridgehead atoms. The lowest BCUT2D eigenvalue weighted by Gasteiger charge is -2.32. The number of hydrogen-bond donors (Lipinski definition) is 0. The van der Waals surface area contributed by atoms with Gasteiger partial charge in [0, 0.05) is 10.8 Å². The summed E-state index contributed by atoms with van der Waals surface area (Å²) in [6, 6.07) is 14.4. The van der Waals surface area contributed by atoms with E-state index < -0.39 is 5.41 Å². The van der Waals surface area contributed by atoms with Crippen LogP contribution in [0.3, 0.4) is 0 Å². The largest absolute Gasteiger partial charge is 0.493 e. The topological polar surface area (TPSA) is 67.8 Å². The summed E-state index contributed by atoms with van der Waals surface area (Å²) in [4.78, 5) is 4.91. The van der Waals surface area contributed by atoms with Crippen molar-refractivity contribution in [1.29, 1.82) is 5.26 Å². The molecule has 1 aliphatic rings. The van der Waals surface area contributed by atoms with Crippen LogP contribution in [0, 0.1) is 11.3 Å². The Labute approximate surface area is 151 Å². The summed E-state index contributed by atoms with van der Waals surface area (Å²) in [6.45, 7) is 0. The van der Waals surface area contributed by atoms with E-state index in [4.69, 9.17) is 14.0 Å². The molecule has 26 heavy (non-hydrogen) atoms. The molecule has 0 radical (unpaired) electrons. The standard InChI is InChI=1S/C21H20N2O3/c1-24-18-8-7-16(19-15-5-3-4-6-17(15)26-20(18)19)21(13-22)11-9-14(10-12-21)23-25-2/h3-8H,9-12H2,1-2H3. The van der Waals surface area contributed by atoms with Gasteiger partial charge in [-0.2, -0.15) is 5.26 Å². The van der Waals surface area contributed by atoms with Crippen molar-refractivity contribution in [3.05, 3.63) is 42.0 Å². The summed E-state index contributed by atoms with van der Waals surface area (Å²) in [7, 11) is 3.19. The molecule has 0 saturated heterocycles. The first-order valence-electron chi connectivity index (χ1n) is 8.71. The zero-order valence-electron chi connectivity index (χ0n) is 14.9. The molecule has 1 aliphatic carbocycles. The molecular formula is C21H20N2O3. The molecule has 0 unspecified atom stereocenters. The fourth-order valence-corrected chi connectivity index (χ4v) is 3.99. The van der Waals surface area contributed by atoms with Gasteiger partial charge < -0.3 is 14.0 Å². The molecule has 0 atom stereocenters. The zero-order chi connectivity index (χ0) is 18.1. The van der Waals surface area contributed by atoms with Gasteiger partial charge in [-0.15, -0.1) is 0 Å². The lowest BCUT2D eigenvalue weighted by Crippen LogP contribution is -2.30. The summed E-state index contributed by atoms with van der Waals surface area (Å²) in [6.07, 6.45) is 2.94. The van der Waals surface area contributed by atoms with Crippen LogP contribution in [0.25, 0.3) is 21.9 Å². The minimum atomic E-state index is -0.566. The molecule has 4 rings (SSSR count). The second-order valence-electron chi connectivity index (χ2n) is 6.65. The van der Waals surface area contributed by atoms with Crippen molar-refractivity contribution in [2.45, 2.75) is 31.1 Å². The molecule has 1 fully saturated rings. The number of hydrogen-bond acceptors (Lipinski definition) is 5. The molecule has 3 aromatic rings. The third kappa shape index (κ3) is 2.41. The third-order valence-electron chi connectivity index (χ3n) is 5.34. The fraction of sp³-hybridized carbons (Fsp3) is 0.333. The Morgan fingerprint density at radius 2 is 1.88 bits per heavy atom. The number of oxime groups is 1. The molecule has 0 aliphatic heterocycles. The summed E-state index contributed by atoms with van der Waals surface area (Å²) in [5.74, 6) is 0.686. The highest BCUT2D eigenvalue weighted by atomic mass is 16.6. The number of nitriles is 1. The monoisotopic (exact) mass is 348 g/mol. The highest BCUT2D eigenvalue weighted by Crippen LogP contribution is 2.46. The van der Waals surface area contributed by atoms with Crippen molar-refractivity contribution in [1.82, 2.24) is 0 Å². The summed E-state index contributed by atoms with van der Waals surface area (Å²) in [5.41, 5.74) is 2.97. The minimum absolute atomic E-state index is 0.566. The number of furan rings is 1. The van der Waals surface area contributed by atoms with Crippen LogP contribution >= 0.6 is 0 Å². The maximum atomic E-state index is 10.1. The van der Waals surface area contributed by atoms with Gasteiger partial charge in [0.2, 0.25) is 0 Å². The van der Waals surface area contributed by atoms with Crippen molar-refractivity contribution >= 4 is 27.7 Å². The molecule has 5 heteroatoms. The van der Waals surface area contributed by atoms with E-state index in [0.29, 0.717) is 24.2 Å². The van der Waals surface area contributed by atoms with Crippen LogP contribution in [0.5, 0.6) is 5.75 Å². The molecule has 1 aromatic heterocycles. The second kappa shape index (κ2) is 6.38. The van der Waals surface area contributed by atoms with E-state index in [9.17, 15) is 5.26 Å². The van der Waals surface area contributed by atoms with E-state index in [-0.39, 0.29) is 0 Å². The molecule has 0 N–H and O–H groups in total. The maximum absolute atomic E-state index is 10.1. The van der Waals surface area contributed by atoms with Crippen molar-refractivity contribution in [3.63, 3.8) is 0 Å². The van der Waals surface area contributed by atoms with Gasteiger partial charge in [0.15, 0.2) is 11.3 Å². The average Bonchev–Trinajstić information content (AvgIpc) is 3.08. The van der Waals surface area contributed by atoms with E-state index >= 15 is 0 Å². The van der Waals surface area contributed by atoms with Gasteiger partial charge in [0.1, 0.15) is 12.7 Å². The second-order valence-corrected chi connectivity index (χ2v) is 6.65. The van der Waals surface area contributed by atoms with Crippen molar-refractivity contribution in [3.8, 4) is 11.8 Å². The quantitative estimate of drug-likeness (QED) is 0.629. The minimum Gasteiger partial charge on any atom is -0.493 e. The normalized spacial score (nSPS) is 20.1. The van der Waals surface area contributed by atoms with Gasteiger partial charge in [0.05, 0.1) is 24.3 Å². The Balaban J connectivity index is 1.94. The van der Waals surface area contributed by atoms with E-state index in [1.54, 1.807) is 14.2 Å². The van der Waals surface area contributed by atoms with E-state index in [0.717, 1.165) is 40.5 Å². The molecule has 5 nitrogen and oxygen atoms in total.